The molecule has 2 fully saturated rings. The zero-order valence-corrected chi connectivity index (χ0v) is 19.4. The SMILES string of the molecule is CC1C(=O)N(C2CCC(=O)NC2=O)c2ccc(C3CCN(C(=O)OC(C)(C)C)CC3F)cc21. The lowest BCUT2D eigenvalue weighted by Crippen LogP contribution is -2.53. The second-order valence-electron chi connectivity index (χ2n) is 10.1. The molecule has 0 aromatic heterocycles. The largest absolute Gasteiger partial charge is 0.444 e. The van der Waals surface area contributed by atoms with E-state index in [1.165, 1.54) is 9.80 Å². The Morgan fingerprint density at radius 1 is 1.18 bits per heavy atom. The Morgan fingerprint density at radius 3 is 2.55 bits per heavy atom. The number of fused-ring (bicyclic) bond motifs is 1. The molecule has 4 amide bonds. The molecular weight excluding hydrogens is 429 g/mol. The van der Waals surface area contributed by atoms with Gasteiger partial charge in [-0.2, -0.15) is 0 Å². The van der Waals surface area contributed by atoms with Crippen molar-refractivity contribution in [3.63, 3.8) is 0 Å². The summed E-state index contributed by atoms with van der Waals surface area (Å²) >= 11 is 0. The number of benzene rings is 1. The van der Waals surface area contributed by atoms with Gasteiger partial charge in [0.2, 0.25) is 17.7 Å². The van der Waals surface area contributed by atoms with E-state index in [1.807, 2.05) is 6.07 Å². The van der Waals surface area contributed by atoms with Crippen molar-refractivity contribution in [2.75, 3.05) is 18.0 Å². The van der Waals surface area contributed by atoms with Crippen LogP contribution in [-0.4, -0.2) is 59.6 Å². The maximum absolute atomic E-state index is 15.1. The number of anilines is 1. The Kier molecular flexibility index (Phi) is 5.92. The summed E-state index contributed by atoms with van der Waals surface area (Å²) in [6.45, 7) is 7.43. The van der Waals surface area contributed by atoms with Gasteiger partial charge >= 0.3 is 6.09 Å². The van der Waals surface area contributed by atoms with Gasteiger partial charge in [-0.05, 0) is 57.7 Å². The van der Waals surface area contributed by atoms with Crippen molar-refractivity contribution in [1.82, 2.24) is 10.2 Å². The summed E-state index contributed by atoms with van der Waals surface area (Å²) in [6.07, 6.45) is -0.875. The van der Waals surface area contributed by atoms with Gasteiger partial charge in [-0.1, -0.05) is 12.1 Å². The van der Waals surface area contributed by atoms with Crippen LogP contribution in [0.25, 0.3) is 0 Å². The number of amides is 4. The van der Waals surface area contributed by atoms with Crippen molar-refractivity contribution < 1.29 is 28.3 Å². The fourth-order valence-electron chi connectivity index (χ4n) is 4.85. The number of carbonyl (C=O) groups is 4. The van der Waals surface area contributed by atoms with Crippen molar-refractivity contribution in [2.24, 2.45) is 0 Å². The number of nitrogens with zero attached hydrogens (tertiary/aromatic N) is 2. The van der Waals surface area contributed by atoms with Crippen molar-refractivity contribution >= 4 is 29.5 Å². The van der Waals surface area contributed by atoms with Gasteiger partial charge in [-0.3, -0.25) is 24.6 Å². The second kappa shape index (κ2) is 8.43. The summed E-state index contributed by atoms with van der Waals surface area (Å²) in [4.78, 5) is 52.1. The number of ether oxygens (including phenoxy) is 1. The number of likely N-dealkylation sites (tertiary alicyclic amines) is 1. The molecule has 0 bridgehead atoms. The van der Waals surface area contributed by atoms with E-state index < -0.39 is 41.7 Å². The third-order valence-corrected chi connectivity index (χ3v) is 6.53. The highest BCUT2D eigenvalue weighted by molar-refractivity contribution is 6.12. The number of rotatable bonds is 2. The van der Waals surface area contributed by atoms with E-state index in [9.17, 15) is 19.2 Å². The number of carbonyl (C=O) groups excluding carboxylic acids is 4. The predicted octanol–water partition coefficient (Wildman–Crippen LogP) is 3.00. The maximum Gasteiger partial charge on any atom is 0.410 e. The fraction of sp³-hybridized carbons (Fsp3) is 0.583. The predicted molar refractivity (Wildman–Crippen MR) is 119 cm³/mol. The third kappa shape index (κ3) is 4.45. The second-order valence-corrected chi connectivity index (χ2v) is 10.1. The Bertz CT molecular complexity index is 1000. The average molecular weight is 460 g/mol. The minimum Gasteiger partial charge on any atom is -0.444 e. The quantitative estimate of drug-likeness (QED) is 0.686. The highest BCUT2D eigenvalue weighted by atomic mass is 19.1. The molecule has 4 rings (SSSR count). The molecule has 3 aliphatic heterocycles. The minimum absolute atomic E-state index is 0.0481. The molecule has 0 aliphatic carbocycles. The summed E-state index contributed by atoms with van der Waals surface area (Å²) in [7, 11) is 0. The molecule has 0 spiro atoms. The molecule has 3 heterocycles. The number of hydrogen-bond donors (Lipinski definition) is 1. The topological polar surface area (TPSA) is 96.0 Å². The summed E-state index contributed by atoms with van der Waals surface area (Å²) in [6, 6.07) is 4.69. The van der Waals surface area contributed by atoms with Crippen molar-refractivity contribution in [1.29, 1.82) is 0 Å². The lowest BCUT2D eigenvalue weighted by molar-refractivity contribution is -0.135. The van der Waals surface area contributed by atoms with Crippen LogP contribution in [0.15, 0.2) is 18.2 Å². The summed E-state index contributed by atoms with van der Waals surface area (Å²) in [5, 5.41) is 2.30. The molecule has 8 nitrogen and oxygen atoms in total. The van der Waals surface area contributed by atoms with Crippen LogP contribution in [0.3, 0.4) is 0 Å². The molecule has 3 aliphatic rings. The zero-order valence-electron chi connectivity index (χ0n) is 19.4. The van der Waals surface area contributed by atoms with E-state index in [0.29, 0.717) is 18.7 Å². The van der Waals surface area contributed by atoms with Crippen molar-refractivity contribution in [3.8, 4) is 0 Å². The number of piperidine rings is 2. The zero-order chi connectivity index (χ0) is 24.1. The van der Waals surface area contributed by atoms with Crippen LogP contribution >= 0.6 is 0 Å². The summed E-state index contributed by atoms with van der Waals surface area (Å²) in [5.74, 6) is -1.88. The Morgan fingerprint density at radius 2 is 1.91 bits per heavy atom. The first-order valence-corrected chi connectivity index (χ1v) is 11.4. The van der Waals surface area contributed by atoms with Gasteiger partial charge in [-0.15, -0.1) is 0 Å². The molecular formula is C24H30FN3O5. The van der Waals surface area contributed by atoms with Gasteiger partial charge in [0.1, 0.15) is 17.8 Å². The van der Waals surface area contributed by atoms with Crippen LogP contribution in [0, 0.1) is 0 Å². The lowest BCUT2D eigenvalue weighted by atomic mass is 9.86. The highest BCUT2D eigenvalue weighted by Gasteiger charge is 2.43. The Labute approximate surface area is 192 Å². The van der Waals surface area contributed by atoms with Crippen molar-refractivity contribution in [3.05, 3.63) is 29.3 Å². The normalized spacial score (nSPS) is 28.0. The number of imide groups is 1. The van der Waals surface area contributed by atoms with Crippen molar-refractivity contribution in [2.45, 2.75) is 76.6 Å². The van der Waals surface area contributed by atoms with E-state index in [1.54, 1.807) is 39.8 Å². The number of halogens is 1. The van der Waals surface area contributed by atoms with Gasteiger partial charge in [0.15, 0.2) is 0 Å². The van der Waals surface area contributed by atoms with Crippen LogP contribution in [0.4, 0.5) is 14.9 Å². The molecule has 1 aromatic rings. The Hall–Kier alpha value is -2.97. The first-order valence-electron chi connectivity index (χ1n) is 11.4. The van der Waals surface area contributed by atoms with Gasteiger partial charge in [0.25, 0.3) is 0 Å². The van der Waals surface area contributed by atoms with E-state index in [4.69, 9.17) is 4.74 Å². The summed E-state index contributed by atoms with van der Waals surface area (Å²) < 4.78 is 20.5. The number of hydrogen-bond acceptors (Lipinski definition) is 5. The third-order valence-electron chi connectivity index (χ3n) is 6.53. The molecule has 1 aromatic carbocycles. The van der Waals surface area contributed by atoms with Gasteiger partial charge < -0.3 is 9.64 Å². The minimum atomic E-state index is -1.26. The van der Waals surface area contributed by atoms with Crippen LogP contribution in [0.1, 0.15) is 69.9 Å². The van der Waals surface area contributed by atoms with Gasteiger partial charge in [0.05, 0.1) is 12.5 Å². The van der Waals surface area contributed by atoms with Crippen LogP contribution < -0.4 is 10.2 Å². The molecule has 0 radical (unpaired) electrons. The number of alkyl halides is 1. The maximum atomic E-state index is 15.1. The molecule has 9 heteroatoms. The molecule has 0 saturated carbocycles. The van der Waals surface area contributed by atoms with E-state index in [-0.39, 0.29) is 31.2 Å². The fourth-order valence-corrected chi connectivity index (χ4v) is 4.85. The number of nitrogens with one attached hydrogen (secondary N) is 1. The van der Waals surface area contributed by atoms with Crippen LogP contribution in [-0.2, 0) is 19.1 Å². The highest BCUT2D eigenvalue weighted by Crippen LogP contribution is 2.42. The smallest absolute Gasteiger partial charge is 0.410 e. The lowest BCUT2D eigenvalue weighted by Gasteiger charge is -2.36. The molecule has 1 N–H and O–H groups in total. The van der Waals surface area contributed by atoms with Crippen LogP contribution in [0.2, 0.25) is 0 Å². The molecule has 178 valence electrons. The van der Waals surface area contributed by atoms with Gasteiger partial charge in [-0.25, -0.2) is 9.18 Å². The van der Waals surface area contributed by atoms with Crippen LogP contribution in [0.5, 0.6) is 0 Å². The molecule has 4 unspecified atom stereocenters. The standard InChI is InChI=1S/C24H30FN3O5/c1-13-16-11-14(15-9-10-27(12-17(15)25)23(32)33-24(2,3)4)5-6-18(16)28(22(13)31)19-7-8-20(29)26-21(19)30/h5-6,11,13,15,17,19H,7-10,12H2,1-4H3,(H,26,29,30). The summed E-state index contributed by atoms with van der Waals surface area (Å²) in [5.41, 5.74) is 1.52. The van der Waals surface area contributed by atoms with E-state index in [2.05, 4.69) is 5.32 Å². The van der Waals surface area contributed by atoms with E-state index >= 15 is 4.39 Å². The molecule has 33 heavy (non-hydrogen) atoms. The molecule has 4 atom stereocenters. The first kappa shape index (κ1) is 23.2. The van der Waals surface area contributed by atoms with Gasteiger partial charge in [0, 0.05) is 24.6 Å². The van der Waals surface area contributed by atoms with E-state index in [0.717, 1.165) is 11.1 Å². The monoisotopic (exact) mass is 459 g/mol. The average Bonchev–Trinajstić information content (AvgIpc) is 2.97. The molecule has 2 saturated heterocycles. The Balaban J connectivity index is 1.52. The first-order chi connectivity index (χ1) is 15.5.